The quantitative estimate of drug-likeness (QED) is 0.645. The molecule has 0 radical (unpaired) electrons. The van der Waals surface area contributed by atoms with Gasteiger partial charge in [0.1, 0.15) is 0 Å². The zero-order chi connectivity index (χ0) is 16.0. The fraction of sp³-hybridized carbons (Fsp3) is 0.750. The van der Waals surface area contributed by atoms with Crippen molar-refractivity contribution < 1.29 is 0 Å². The first-order chi connectivity index (χ1) is 10.5. The van der Waals surface area contributed by atoms with Gasteiger partial charge in [-0.05, 0) is 46.7 Å². The van der Waals surface area contributed by atoms with Gasteiger partial charge in [0.15, 0.2) is 5.96 Å². The molecule has 6 heteroatoms. The molecular formula is C16H29N5S. The number of aliphatic imine (C=N–C) groups is 1. The van der Waals surface area contributed by atoms with E-state index in [0.29, 0.717) is 0 Å². The third kappa shape index (κ3) is 4.68. The number of rotatable bonds is 5. The van der Waals surface area contributed by atoms with Crippen molar-refractivity contribution in [2.45, 2.75) is 52.1 Å². The lowest BCUT2D eigenvalue weighted by Gasteiger charge is -2.41. The summed E-state index contributed by atoms with van der Waals surface area (Å²) in [5.74, 6) is 0.859. The molecule has 2 N–H and O–H groups in total. The Morgan fingerprint density at radius 3 is 2.64 bits per heavy atom. The van der Waals surface area contributed by atoms with E-state index in [1.54, 1.807) is 11.3 Å². The summed E-state index contributed by atoms with van der Waals surface area (Å²) < 4.78 is 0. The molecule has 1 aromatic rings. The third-order valence-corrected chi connectivity index (χ3v) is 5.32. The summed E-state index contributed by atoms with van der Waals surface area (Å²) in [6, 6.07) is 0. The first-order valence-electron chi connectivity index (χ1n) is 8.11. The van der Waals surface area contributed by atoms with E-state index in [1.165, 1.54) is 37.2 Å². The Morgan fingerprint density at radius 2 is 2.05 bits per heavy atom. The van der Waals surface area contributed by atoms with Gasteiger partial charge in [-0.2, -0.15) is 0 Å². The molecular weight excluding hydrogens is 294 g/mol. The Bertz CT molecular complexity index is 488. The maximum absolute atomic E-state index is 4.33. The predicted octanol–water partition coefficient (Wildman–Crippen LogP) is 2.38. The van der Waals surface area contributed by atoms with Gasteiger partial charge in [0, 0.05) is 24.0 Å². The average molecular weight is 324 g/mol. The minimum Gasteiger partial charge on any atom is -0.355 e. The second kappa shape index (κ2) is 7.92. The summed E-state index contributed by atoms with van der Waals surface area (Å²) in [4.78, 5) is 12.5. The molecule has 2 heterocycles. The summed E-state index contributed by atoms with van der Waals surface area (Å²) in [5, 5.41) is 6.85. The van der Waals surface area contributed by atoms with Crippen LogP contribution >= 0.6 is 11.3 Å². The lowest BCUT2D eigenvalue weighted by atomic mass is 9.98. The van der Waals surface area contributed by atoms with Crippen LogP contribution in [0.25, 0.3) is 0 Å². The van der Waals surface area contributed by atoms with E-state index in [2.05, 4.69) is 39.4 Å². The predicted molar refractivity (Wildman–Crippen MR) is 94.6 cm³/mol. The molecule has 1 aromatic heterocycles. The molecule has 2 rings (SSSR count). The second-order valence-electron chi connectivity index (χ2n) is 6.50. The molecule has 5 nitrogen and oxygen atoms in total. The largest absolute Gasteiger partial charge is 0.355 e. The highest BCUT2D eigenvalue weighted by atomic mass is 32.1. The van der Waals surface area contributed by atoms with E-state index in [-0.39, 0.29) is 5.54 Å². The third-order valence-electron chi connectivity index (χ3n) is 4.39. The van der Waals surface area contributed by atoms with Gasteiger partial charge in [-0.25, -0.2) is 4.98 Å². The van der Waals surface area contributed by atoms with E-state index in [4.69, 9.17) is 0 Å². The SMILES string of the molecule is CN=C(NCc1scnc1C)NCC(C)(C)N1CCCCC1. The minimum atomic E-state index is 0.151. The highest BCUT2D eigenvalue weighted by molar-refractivity contribution is 7.09. The van der Waals surface area contributed by atoms with Crippen molar-refractivity contribution in [3.05, 3.63) is 16.1 Å². The first-order valence-corrected chi connectivity index (χ1v) is 8.99. The van der Waals surface area contributed by atoms with Crippen LogP contribution in [-0.2, 0) is 6.54 Å². The fourth-order valence-electron chi connectivity index (χ4n) is 2.79. The van der Waals surface area contributed by atoms with Gasteiger partial charge >= 0.3 is 0 Å². The standard InChI is InChI=1S/C16H29N5S/c1-13-14(22-12-20-13)10-18-15(17-4)19-11-16(2,3)21-8-6-5-7-9-21/h12H,5-11H2,1-4H3,(H2,17,18,19). The van der Waals surface area contributed by atoms with Crippen molar-refractivity contribution in [2.24, 2.45) is 4.99 Å². The smallest absolute Gasteiger partial charge is 0.191 e. The van der Waals surface area contributed by atoms with E-state index in [0.717, 1.165) is 24.7 Å². The summed E-state index contributed by atoms with van der Waals surface area (Å²) in [5.41, 5.74) is 3.14. The van der Waals surface area contributed by atoms with Crippen molar-refractivity contribution in [3.8, 4) is 0 Å². The molecule has 0 unspecified atom stereocenters. The maximum atomic E-state index is 4.33. The Hall–Kier alpha value is -1.14. The van der Waals surface area contributed by atoms with Crippen molar-refractivity contribution in [1.29, 1.82) is 0 Å². The van der Waals surface area contributed by atoms with Crippen LogP contribution in [0.1, 0.15) is 43.7 Å². The number of nitrogens with one attached hydrogen (secondary N) is 2. The number of piperidine rings is 1. The lowest BCUT2D eigenvalue weighted by molar-refractivity contribution is 0.0982. The fourth-order valence-corrected chi connectivity index (χ4v) is 3.51. The van der Waals surface area contributed by atoms with E-state index in [9.17, 15) is 0 Å². The van der Waals surface area contributed by atoms with E-state index >= 15 is 0 Å². The average Bonchev–Trinajstić information content (AvgIpc) is 2.93. The van der Waals surface area contributed by atoms with Crippen LogP contribution in [0.15, 0.2) is 10.5 Å². The van der Waals surface area contributed by atoms with Crippen LogP contribution in [0.2, 0.25) is 0 Å². The highest BCUT2D eigenvalue weighted by Gasteiger charge is 2.27. The number of hydrogen-bond donors (Lipinski definition) is 2. The van der Waals surface area contributed by atoms with Gasteiger partial charge in [-0.3, -0.25) is 9.89 Å². The van der Waals surface area contributed by atoms with Crippen LogP contribution in [0, 0.1) is 6.92 Å². The number of aromatic nitrogens is 1. The summed E-state index contributed by atoms with van der Waals surface area (Å²) in [6.45, 7) is 10.8. The molecule has 1 aliphatic rings. The Labute approximate surface area is 138 Å². The van der Waals surface area contributed by atoms with Gasteiger partial charge in [-0.1, -0.05) is 6.42 Å². The van der Waals surface area contributed by atoms with Crippen molar-refractivity contribution in [3.63, 3.8) is 0 Å². The number of aryl methyl sites for hydroxylation is 1. The van der Waals surface area contributed by atoms with Crippen molar-refractivity contribution >= 4 is 17.3 Å². The first kappa shape index (κ1) is 17.2. The summed E-state index contributed by atoms with van der Waals surface area (Å²) >= 11 is 1.68. The Kier molecular flexibility index (Phi) is 6.20. The second-order valence-corrected chi connectivity index (χ2v) is 7.44. The van der Waals surface area contributed by atoms with Crippen molar-refractivity contribution in [1.82, 2.24) is 20.5 Å². The molecule has 0 amide bonds. The van der Waals surface area contributed by atoms with Crippen LogP contribution in [0.4, 0.5) is 0 Å². The van der Waals surface area contributed by atoms with Crippen LogP contribution < -0.4 is 10.6 Å². The van der Waals surface area contributed by atoms with Crippen LogP contribution in [-0.4, -0.2) is 48.1 Å². The van der Waals surface area contributed by atoms with Gasteiger partial charge in [0.25, 0.3) is 0 Å². The van der Waals surface area contributed by atoms with Crippen molar-refractivity contribution in [2.75, 3.05) is 26.7 Å². The topological polar surface area (TPSA) is 52.6 Å². The molecule has 22 heavy (non-hydrogen) atoms. The molecule has 0 atom stereocenters. The maximum Gasteiger partial charge on any atom is 0.191 e. The zero-order valence-corrected chi connectivity index (χ0v) is 15.1. The summed E-state index contributed by atoms with van der Waals surface area (Å²) in [6.07, 6.45) is 4.01. The minimum absolute atomic E-state index is 0.151. The molecule has 1 aliphatic heterocycles. The van der Waals surface area contributed by atoms with Gasteiger partial charge in [0.2, 0.25) is 0 Å². The number of guanidine groups is 1. The molecule has 0 aromatic carbocycles. The lowest BCUT2D eigenvalue weighted by Crippen LogP contribution is -2.54. The Balaban J connectivity index is 1.81. The molecule has 0 spiro atoms. The number of nitrogens with zero attached hydrogens (tertiary/aromatic N) is 3. The van der Waals surface area contributed by atoms with Gasteiger partial charge in [-0.15, -0.1) is 11.3 Å². The van der Waals surface area contributed by atoms with E-state index < -0.39 is 0 Å². The summed E-state index contributed by atoms with van der Waals surface area (Å²) in [7, 11) is 1.82. The molecule has 0 aliphatic carbocycles. The monoisotopic (exact) mass is 323 g/mol. The van der Waals surface area contributed by atoms with Crippen LogP contribution in [0.3, 0.4) is 0 Å². The number of likely N-dealkylation sites (tertiary alicyclic amines) is 1. The molecule has 0 bridgehead atoms. The molecule has 1 fully saturated rings. The molecule has 124 valence electrons. The van der Waals surface area contributed by atoms with Gasteiger partial charge in [0.05, 0.1) is 17.7 Å². The van der Waals surface area contributed by atoms with E-state index in [1.807, 2.05) is 19.5 Å². The highest BCUT2D eigenvalue weighted by Crippen LogP contribution is 2.19. The Morgan fingerprint density at radius 1 is 1.32 bits per heavy atom. The zero-order valence-electron chi connectivity index (χ0n) is 14.3. The number of hydrogen-bond acceptors (Lipinski definition) is 4. The van der Waals surface area contributed by atoms with Gasteiger partial charge < -0.3 is 10.6 Å². The molecule has 0 saturated carbocycles. The molecule has 1 saturated heterocycles. The normalized spacial score (nSPS) is 17.5. The number of thiazole rings is 1. The van der Waals surface area contributed by atoms with Crippen LogP contribution in [0.5, 0.6) is 0 Å².